The summed E-state index contributed by atoms with van der Waals surface area (Å²) in [6.45, 7) is 10.4. The van der Waals surface area contributed by atoms with Crippen molar-refractivity contribution in [3.8, 4) is 5.75 Å². The van der Waals surface area contributed by atoms with Gasteiger partial charge in [-0.15, -0.1) is 0 Å². The summed E-state index contributed by atoms with van der Waals surface area (Å²) < 4.78 is 5.81. The van der Waals surface area contributed by atoms with Gasteiger partial charge in [-0.2, -0.15) is 0 Å². The summed E-state index contributed by atoms with van der Waals surface area (Å²) in [5.74, 6) is -0.367. The van der Waals surface area contributed by atoms with E-state index in [0.29, 0.717) is 18.7 Å². The Labute approximate surface area is 143 Å². The highest BCUT2D eigenvalue weighted by atomic mass is 16.5. The monoisotopic (exact) mass is 333 g/mol. The highest BCUT2D eigenvalue weighted by Gasteiger charge is 2.43. The smallest absolute Gasteiger partial charge is 0.311 e. The second kappa shape index (κ2) is 6.46. The number of ether oxygens (including phenoxy) is 1. The lowest BCUT2D eigenvalue weighted by Gasteiger charge is -2.24. The molecule has 5 heteroatoms. The van der Waals surface area contributed by atoms with E-state index in [9.17, 15) is 14.7 Å². The number of carboxylic acids is 1. The molecule has 1 fully saturated rings. The summed E-state index contributed by atoms with van der Waals surface area (Å²) in [5.41, 5.74) is 0.283. The van der Waals surface area contributed by atoms with E-state index in [4.69, 9.17) is 4.74 Å². The molecule has 5 nitrogen and oxygen atoms in total. The highest BCUT2D eigenvalue weighted by Crippen LogP contribution is 2.31. The fraction of sp³-hybridized carbons (Fsp3) is 0.579. The SMILES string of the molecule is CC(Oc1cccc(C(C)(C)C)c1)C(=O)N1CCC(C)(C(=O)O)C1. The van der Waals surface area contributed by atoms with E-state index in [0.717, 1.165) is 5.56 Å². The molecule has 2 rings (SSSR count). The first kappa shape index (κ1) is 18.3. The summed E-state index contributed by atoms with van der Waals surface area (Å²) in [4.78, 5) is 25.5. The Morgan fingerprint density at radius 1 is 1.33 bits per heavy atom. The van der Waals surface area contributed by atoms with Crippen molar-refractivity contribution in [2.24, 2.45) is 5.41 Å². The third-order valence-electron chi connectivity index (χ3n) is 4.66. The third-order valence-corrected chi connectivity index (χ3v) is 4.66. The predicted molar refractivity (Wildman–Crippen MR) is 92.2 cm³/mol. The average molecular weight is 333 g/mol. The molecule has 0 bridgehead atoms. The Balaban J connectivity index is 2.04. The maximum absolute atomic E-state index is 12.5. The molecule has 1 aliphatic rings. The van der Waals surface area contributed by atoms with Gasteiger partial charge >= 0.3 is 5.97 Å². The van der Waals surface area contributed by atoms with E-state index in [1.165, 1.54) is 0 Å². The van der Waals surface area contributed by atoms with Crippen molar-refractivity contribution in [3.05, 3.63) is 29.8 Å². The van der Waals surface area contributed by atoms with Crippen LogP contribution in [0.25, 0.3) is 0 Å². The largest absolute Gasteiger partial charge is 0.481 e. The van der Waals surface area contributed by atoms with Gasteiger partial charge in [-0.25, -0.2) is 0 Å². The topological polar surface area (TPSA) is 66.8 Å². The van der Waals surface area contributed by atoms with Crippen molar-refractivity contribution < 1.29 is 19.4 Å². The van der Waals surface area contributed by atoms with Crippen LogP contribution < -0.4 is 4.74 Å². The number of hydrogen-bond donors (Lipinski definition) is 1. The van der Waals surface area contributed by atoms with Crippen molar-refractivity contribution in [1.82, 2.24) is 4.90 Å². The lowest BCUT2D eigenvalue weighted by atomic mass is 9.87. The maximum Gasteiger partial charge on any atom is 0.311 e. The number of likely N-dealkylation sites (tertiary alicyclic amines) is 1. The number of hydrogen-bond acceptors (Lipinski definition) is 3. The van der Waals surface area contributed by atoms with Crippen LogP contribution in [0.2, 0.25) is 0 Å². The first-order valence-corrected chi connectivity index (χ1v) is 8.32. The molecule has 1 aromatic rings. The molecule has 0 radical (unpaired) electrons. The second-order valence-corrected chi connectivity index (χ2v) is 7.91. The zero-order valence-corrected chi connectivity index (χ0v) is 15.1. The van der Waals surface area contributed by atoms with Gasteiger partial charge in [0.05, 0.1) is 5.41 Å². The van der Waals surface area contributed by atoms with E-state index in [1.807, 2.05) is 24.3 Å². The Hall–Kier alpha value is -2.04. The molecule has 0 aliphatic carbocycles. The Morgan fingerprint density at radius 2 is 2.00 bits per heavy atom. The van der Waals surface area contributed by atoms with Gasteiger partial charge in [-0.1, -0.05) is 32.9 Å². The summed E-state index contributed by atoms with van der Waals surface area (Å²) in [6, 6.07) is 7.75. The van der Waals surface area contributed by atoms with Gasteiger partial charge in [0.1, 0.15) is 5.75 Å². The van der Waals surface area contributed by atoms with Crippen LogP contribution >= 0.6 is 0 Å². The van der Waals surface area contributed by atoms with Crippen LogP contribution in [0.4, 0.5) is 0 Å². The second-order valence-electron chi connectivity index (χ2n) is 7.91. The number of carbonyl (C=O) groups excluding carboxylic acids is 1. The lowest BCUT2D eigenvalue weighted by Crippen LogP contribution is -2.41. The molecule has 132 valence electrons. The molecule has 1 amide bonds. The van der Waals surface area contributed by atoms with E-state index in [1.54, 1.807) is 18.7 Å². The number of amides is 1. The van der Waals surface area contributed by atoms with Crippen molar-refractivity contribution >= 4 is 11.9 Å². The highest BCUT2D eigenvalue weighted by molar-refractivity contribution is 5.83. The fourth-order valence-electron chi connectivity index (χ4n) is 2.87. The van der Waals surface area contributed by atoms with Crippen molar-refractivity contribution in [2.45, 2.75) is 52.6 Å². The molecule has 24 heavy (non-hydrogen) atoms. The fourth-order valence-corrected chi connectivity index (χ4v) is 2.87. The van der Waals surface area contributed by atoms with Crippen molar-refractivity contribution in [3.63, 3.8) is 0 Å². The summed E-state index contributed by atoms with van der Waals surface area (Å²) >= 11 is 0. The van der Waals surface area contributed by atoms with Crippen molar-refractivity contribution in [1.29, 1.82) is 0 Å². The molecule has 0 saturated carbocycles. The molecular weight excluding hydrogens is 306 g/mol. The molecule has 1 heterocycles. The van der Waals surface area contributed by atoms with Gasteiger partial charge in [0.25, 0.3) is 5.91 Å². The summed E-state index contributed by atoms with van der Waals surface area (Å²) in [5, 5.41) is 9.28. The standard InChI is InChI=1S/C19H27NO4/c1-13(16(21)20-10-9-19(5,12-20)17(22)23)24-15-8-6-7-14(11-15)18(2,3)4/h6-8,11,13H,9-10,12H2,1-5H3,(H,22,23). The first-order valence-electron chi connectivity index (χ1n) is 8.32. The number of carboxylic acid groups (broad SMARTS) is 1. The third kappa shape index (κ3) is 3.89. The number of aliphatic carboxylic acids is 1. The van der Waals surface area contributed by atoms with Gasteiger partial charge < -0.3 is 14.7 Å². The minimum Gasteiger partial charge on any atom is -0.481 e. The minimum atomic E-state index is -0.860. The maximum atomic E-state index is 12.5. The molecule has 1 aliphatic heterocycles. The lowest BCUT2D eigenvalue weighted by molar-refractivity contribution is -0.147. The Bertz CT molecular complexity index is 634. The summed E-state index contributed by atoms with van der Waals surface area (Å²) in [7, 11) is 0. The summed E-state index contributed by atoms with van der Waals surface area (Å²) in [6.07, 6.45) is -0.170. The normalized spacial score (nSPS) is 22.3. The van der Waals surface area contributed by atoms with E-state index in [-0.39, 0.29) is 17.9 Å². The van der Waals surface area contributed by atoms with Crippen molar-refractivity contribution in [2.75, 3.05) is 13.1 Å². The van der Waals surface area contributed by atoms with Crippen LogP contribution in [0.1, 0.15) is 46.6 Å². The Morgan fingerprint density at radius 3 is 2.54 bits per heavy atom. The molecule has 0 aromatic heterocycles. The van der Waals surface area contributed by atoms with Crippen LogP contribution in [0.3, 0.4) is 0 Å². The van der Waals surface area contributed by atoms with Gasteiger partial charge in [0, 0.05) is 13.1 Å². The molecule has 1 saturated heterocycles. The van der Waals surface area contributed by atoms with Crippen LogP contribution in [0, 0.1) is 5.41 Å². The van der Waals surface area contributed by atoms with E-state index >= 15 is 0 Å². The number of rotatable bonds is 4. The van der Waals surface area contributed by atoms with E-state index < -0.39 is 17.5 Å². The van der Waals surface area contributed by atoms with Gasteiger partial charge in [0.15, 0.2) is 6.10 Å². The minimum absolute atomic E-state index is 0.00483. The van der Waals surface area contributed by atoms with Gasteiger partial charge in [0.2, 0.25) is 0 Å². The van der Waals surface area contributed by atoms with Crippen LogP contribution in [-0.2, 0) is 15.0 Å². The van der Waals surface area contributed by atoms with E-state index in [2.05, 4.69) is 20.8 Å². The number of benzene rings is 1. The number of carbonyl (C=O) groups is 2. The van der Waals surface area contributed by atoms with Crippen LogP contribution in [0.15, 0.2) is 24.3 Å². The number of nitrogens with zero attached hydrogens (tertiary/aromatic N) is 1. The average Bonchev–Trinajstić information content (AvgIpc) is 2.90. The van der Waals surface area contributed by atoms with Gasteiger partial charge in [-0.3, -0.25) is 9.59 Å². The Kier molecular flexibility index (Phi) is 4.92. The molecule has 2 atom stereocenters. The molecular formula is C19H27NO4. The molecule has 1 aromatic carbocycles. The van der Waals surface area contributed by atoms with Crippen LogP contribution in [-0.4, -0.2) is 41.1 Å². The molecule has 0 spiro atoms. The first-order chi connectivity index (χ1) is 11.0. The zero-order chi connectivity index (χ0) is 18.1. The predicted octanol–water partition coefficient (Wildman–Crippen LogP) is 3.07. The van der Waals surface area contributed by atoms with Gasteiger partial charge in [-0.05, 0) is 43.4 Å². The zero-order valence-electron chi connectivity index (χ0n) is 15.1. The van der Waals surface area contributed by atoms with Crippen LogP contribution in [0.5, 0.6) is 5.75 Å². The quantitative estimate of drug-likeness (QED) is 0.919. The molecule has 2 unspecified atom stereocenters. The molecule has 1 N–H and O–H groups in total.